The highest BCUT2D eigenvalue weighted by molar-refractivity contribution is 7.89. The number of piperidine rings is 2. The van der Waals surface area contributed by atoms with Gasteiger partial charge in [0.05, 0.1) is 5.75 Å². The summed E-state index contributed by atoms with van der Waals surface area (Å²) in [6, 6.07) is 0.127. The van der Waals surface area contributed by atoms with E-state index in [0.29, 0.717) is 25.9 Å². The molecule has 2 rings (SSSR count). The first-order valence-corrected chi connectivity index (χ1v) is 11.3. The van der Waals surface area contributed by atoms with Gasteiger partial charge < -0.3 is 10.2 Å². The lowest BCUT2D eigenvalue weighted by molar-refractivity contribution is -0.126. The van der Waals surface area contributed by atoms with Crippen LogP contribution in [0.5, 0.6) is 0 Å². The maximum absolute atomic E-state index is 12.5. The van der Waals surface area contributed by atoms with Crippen molar-refractivity contribution in [2.45, 2.75) is 53.0 Å². The molecule has 0 aromatic rings. The Balaban J connectivity index is 1.76. The zero-order chi connectivity index (χ0) is 18.6. The summed E-state index contributed by atoms with van der Waals surface area (Å²) in [7, 11) is -3.13. The largest absolute Gasteiger partial charge is 0.352 e. The Bertz CT molecular complexity index is 534. The Labute approximate surface area is 153 Å². The summed E-state index contributed by atoms with van der Waals surface area (Å²) < 4.78 is 25.3. The number of nitrogens with one attached hydrogen (secondary N) is 1. The highest BCUT2D eigenvalue weighted by atomic mass is 32.2. The number of carbonyl (C=O) groups is 1. The van der Waals surface area contributed by atoms with Gasteiger partial charge in [-0.15, -0.1) is 0 Å². The van der Waals surface area contributed by atoms with Gasteiger partial charge in [0.2, 0.25) is 15.9 Å². The lowest BCUT2D eigenvalue weighted by Gasteiger charge is -2.37. The summed E-state index contributed by atoms with van der Waals surface area (Å²) in [5.74, 6) is 1.59. The molecule has 7 heteroatoms. The number of hydrogen-bond acceptors (Lipinski definition) is 4. The molecule has 3 atom stereocenters. The second-order valence-electron chi connectivity index (χ2n) is 8.15. The van der Waals surface area contributed by atoms with Crippen molar-refractivity contribution in [2.24, 2.45) is 17.8 Å². The Morgan fingerprint density at radius 3 is 2.24 bits per heavy atom. The smallest absolute Gasteiger partial charge is 0.223 e. The molecule has 0 aromatic carbocycles. The van der Waals surface area contributed by atoms with Gasteiger partial charge >= 0.3 is 0 Å². The zero-order valence-electron chi connectivity index (χ0n) is 16.2. The molecule has 0 aliphatic carbocycles. The van der Waals surface area contributed by atoms with E-state index < -0.39 is 10.0 Å². The molecular weight excluding hydrogens is 338 g/mol. The van der Waals surface area contributed by atoms with E-state index in [1.165, 1.54) is 10.7 Å². The number of nitrogens with zero attached hydrogens (tertiary/aromatic N) is 2. The van der Waals surface area contributed by atoms with Gasteiger partial charge in [0, 0.05) is 44.7 Å². The highest BCUT2D eigenvalue weighted by Crippen LogP contribution is 2.22. The summed E-state index contributed by atoms with van der Waals surface area (Å²) >= 11 is 0. The topological polar surface area (TPSA) is 69.7 Å². The average molecular weight is 374 g/mol. The third kappa shape index (κ3) is 5.93. The van der Waals surface area contributed by atoms with Crippen LogP contribution in [0.1, 0.15) is 47.0 Å². The van der Waals surface area contributed by atoms with Crippen molar-refractivity contribution in [1.82, 2.24) is 14.5 Å². The monoisotopic (exact) mass is 373 g/mol. The number of amides is 1. The molecule has 25 heavy (non-hydrogen) atoms. The number of likely N-dealkylation sites (tertiary alicyclic amines) is 1. The van der Waals surface area contributed by atoms with Crippen LogP contribution >= 0.6 is 0 Å². The summed E-state index contributed by atoms with van der Waals surface area (Å²) in [6.07, 6.45) is 2.53. The first-order valence-electron chi connectivity index (χ1n) is 9.71. The van der Waals surface area contributed by atoms with Crippen molar-refractivity contribution < 1.29 is 13.2 Å². The third-order valence-corrected chi connectivity index (χ3v) is 7.33. The van der Waals surface area contributed by atoms with Crippen LogP contribution in [0.15, 0.2) is 0 Å². The Morgan fingerprint density at radius 1 is 1.16 bits per heavy atom. The predicted molar refractivity (Wildman–Crippen MR) is 101 cm³/mol. The van der Waals surface area contributed by atoms with Crippen LogP contribution in [0.25, 0.3) is 0 Å². The van der Waals surface area contributed by atoms with Crippen molar-refractivity contribution in [1.29, 1.82) is 0 Å². The molecule has 6 nitrogen and oxygen atoms in total. The van der Waals surface area contributed by atoms with E-state index in [1.807, 2.05) is 0 Å². The SMILES string of the molecule is CCS(=O)(=O)N1CCC(C(=O)N[C@H](C)CN2C[C@H](C)C[C@@H](C)C2)CC1. The molecule has 146 valence electrons. The number of carbonyl (C=O) groups excluding carboxylic acids is 1. The second kappa shape index (κ2) is 8.82. The van der Waals surface area contributed by atoms with Crippen LogP contribution in [-0.4, -0.2) is 68.0 Å². The van der Waals surface area contributed by atoms with Crippen LogP contribution in [0.4, 0.5) is 0 Å². The average Bonchev–Trinajstić information content (AvgIpc) is 2.53. The van der Waals surface area contributed by atoms with Crippen molar-refractivity contribution in [3.63, 3.8) is 0 Å². The zero-order valence-corrected chi connectivity index (χ0v) is 17.0. The lowest BCUT2D eigenvalue weighted by atomic mass is 9.91. The summed E-state index contributed by atoms with van der Waals surface area (Å²) in [6.45, 7) is 12.4. The van der Waals surface area contributed by atoms with Gasteiger partial charge in [0.15, 0.2) is 0 Å². The molecule has 2 fully saturated rings. The lowest BCUT2D eigenvalue weighted by Crippen LogP contribution is -2.49. The highest BCUT2D eigenvalue weighted by Gasteiger charge is 2.31. The molecule has 0 unspecified atom stereocenters. The van der Waals surface area contributed by atoms with E-state index in [0.717, 1.165) is 31.5 Å². The fraction of sp³-hybridized carbons (Fsp3) is 0.944. The van der Waals surface area contributed by atoms with Crippen molar-refractivity contribution in [2.75, 3.05) is 38.5 Å². The van der Waals surface area contributed by atoms with Gasteiger partial charge in [-0.05, 0) is 44.9 Å². The summed E-state index contributed by atoms with van der Waals surface area (Å²) in [4.78, 5) is 15.0. The maximum atomic E-state index is 12.5. The van der Waals surface area contributed by atoms with E-state index in [1.54, 1.807) is 6.92 Å². The van der Waals surface area contributed by atoms with E-state index in [-0.39, 0.29) is 23.6 Å². The second-order valence-corrected chi connectivity index (χ2v) is 10.4. The minimum Gasteiger partial charge on any atom is -0.352 e. The van der Waals surface area contributed by atoms with Crippen LogP contribution in [0, 0.1) is 17.8 Å². The molecule has 0 aromatic heterocycles. The normalized spacial score (nSPS) is 28.6. The molecular formula is C18H35N3O3S. The van der Waals surface area contributed by atoms with Crippen LogP contribution < -0.4 is 5.32 Å². The quantitative estimate of drug-likeness (QED) is 0.767. The van der Waals surface area contributed by atoms with Gasteiger partial charge in [-0.2, -0.15) is 0 Å². The molecule has 0 bridgehead atoms. The van der Waals surface area contributed by atoms with Gasteiger partial charge in [0.1, 0.15) is 0 Å². The fourth-order valence-corrected chi connectivity index (χ4v) is 5.45. The number of sulfonamides is 1. The molecule has 0 saturated carbocycles. The van der Waals surface area contributed by atoms with Crippen molar-refractivity contribution in [3.05, 3.63) is 0 Å². The van der Waals surface area contributed by atoms with Crippen molar-refractivity contribution >= 4 is 15.9 Å². The standard InChI is InChI=1S/C18H35N3O3S/c1-5-25(23,24)21-8-6-17(7-9-21)18(22)19-16(4)13-20-11-14(2)10-15(3)12-20/h14-17H,5-13H2,1-4H3,(H,19,22)/t14-,15-,16-/m1/s1. The Hall–Kier alpha value is -0.660. The molecule has 2 aliphatic rings. The number of hydrogen-bond donors (Lipinski definition) is 1. The van der Waals surface area contributed by atoms with Gasteiger partial charge in [-0.3, -0.25) is 4.79 Å². The Morgan fingerprint density at radius 2 is 1.72 bits per heavy atom. The molecule has 1 N–H and O–H groups in total. The minimum atomic E-state index is -3.13. The summed E-state index contributed by atoms with van der Waals surface area (Å²) in [5, 5.41) is 3.15. The van der Waals surface area contributed by atoms with E-state index in [2.05, 4.69) is 31.0 Å². The third-order valence-electron chi connectivity index (χ3n) is 5.45. The van der Waals surface area contributed by atoms with E-state index in [9.17, 15) is 13.2 Å². The molecule has 0 radical (unpaired) electrons. The first-order chi connectivity index (χ1) is 11.7. The molecule has 1 amide bonds. The van der Waals surface area contributed by atoms with Crippen LogP contribution in [-0.2, 0) is 14.8 Å². The molecule has 2 heterocycles. The molecule has 2 aliphatic heterocycles. The Kier molecular flexibility index (Phi) is 7.29. The number of rotatable bonds is 6. The fourth-order valence-electron chi connectivity index (χ4n) is 4.31. The van der Waals surface area contributed by atoms with Gasteiger partial charge in [-0.1, -0.05) is 13.8 Å². The predicted octanol–water partition coefficient (Wildman–Crippen LogP) is 1.53. The minimum absolute atomic E-state index is 0.0649. The molecule has 0 spiro atoms. The maximum Gasteiger partial charge on any atom is 0.223 e. The van der Waals surface area contributed by atoms with Crippen LogP contribution in [0.3, 0.4) is 0 Å². The van der Waals surface area contributed by atoms with E-state index in [4.69, 9.17) is 0 Å². The van der Waals surface area contributed by atoms with Crippen LogP contribution in [0.2, 0.25) is 0 Å². The molecule has 2 saturated heterocycles. The first kappa shape index (κ1) is 20.6. The van der Waals surface area contributed by atoms with E-state index >= 15 is 0 Å². The summed E-state index contributed by atoms with van der Waals surface area (Å²) in [5.41, 5.74) is 0. The van der Waals surface area contributed by atoms with Gasteiger partial charge in [-0.25, -0.2) is 12.7 Å². The van der Waals surface area contributed by atoms with Crippen molar-refractivity contribution in [3.8, 4) is 0 Å². The van der Waals surface area contributed by atoms with Gasteiger partial charge in [0.25, 0.3) is 0 Å².